The zero-order valence-electron chi connectivity index (χ0n) is 19.9. The number of imidazole rings is 1. The first-order valence-electron chi connectivity index (χ1n) is 11.0. The van der Waals surface area contributed by atoms with E-state index in [1.165, 1.54) is 5.56 Å². The van der Waals surface area contributed by atoms with Crippen molar-refractivity contribution in [2.24, 2.45) is 15.9 Å². The van der Waals surface area contributed by atoms with E-state index in [9.17, 15) is 0 Å². The summed E-state index contributed by atoms with van der Waals surface area (Å²) in [6.45, 7) is 10.4. The van der Waals surface area contributed by atoms with E-state index in [0.29, 0.717) is 18.2 Å². The molecule has 0 bridgehead atoms. The smallest absolute Gasteiger partial charge is 0.209 e. The Kier molecular flexibility index (Phi) is 6.00. The molecule has 0 radical (unpaired) electrons. The highest BCUT2D eigenvalue weighted by Crippen LogP contribution is 2.28. The van der Waals surface area contributed by atoms with Crippen molar-refractivity contribution in [3.8, 4) is 11.3 Å². The summed E-state index contributed by atoms with van der Waals surface area (Å²) in [4.78, 5) is 19.2. The summed E-state index contributed by atoms with van der Waals surface area (Å²) in [6.07, 6.45) is 4.43. The van der Waals surface area contributed by atoms with E-state index in [4.69, 9.17) is 24.4 Å². The van der Waals surface area contributed by atoms with Crippen molar-refractivity contribution in [2.75, 3.05) is 14.2 Å². The van der Waals surface area contributed by atoms with Gasteiger partial charge in [0.05, 0.1) is 19.9 Å². The minimum atomic E-state index is -0.247. The number of hydrogen-bond acceptors (Lipinski definition) is 6. The number of rotatable bonds is 4. The molecule has 1 aliphatic heterocycles. The van der Waals surface area contributed by atoms with Crippen LogP contribution in [0, 0.1) is 26.7 Å². The van der Waals surface area contributed by atoms with Crippen LogP contribution in [0.3, 0.4) is 0 Å². The lowest BCUT2D eigenvalue weighted by atomic mass is 10.0. The second-order valence-corrected chi connectivity index (χ2v) is 8.67. The van der Waals surface area contributed by atoms with Gasteiger partial charge in [-0.3, -0.25) is 4.98 Å². The van der Waals surface area contributed by atoms with Crippen molar-refractivity contribution >= 4 is 17.4 Å². The molecule has 2 atom stereocenters. The molecule has 0 aliphatic carbocycles. The standard InChI is InChI=1S/C25H31N5O2/c1-14(2)21-25(32-7)28-20(24(29-21)31-6)13-18-8-9-19(23-26-10-11-30(18)23)22-16(4)12-15(3)17(5)27-22/h8-12,14,20-21H,13H2,1-7H3/t20-,21+/m0/s1. The molecule has 168 valence electrons. The van der Waals surface area contributed by atoms with Gasteiger partial charge in [0.2, 0.25) is 11.8 Å². The summed E-state index contributed by atoms with van der Waals surface area (Å²) < 4.78 is 13.3. The number of pyridine rings is 2. The maximum atomic E-state index is 5.63. The highest BCUT2D eigenvalue weighted by Gasteiger charge is 2.31. The second-order valence-electron chi connectivity index (χ2n) is 8.67. The number of nitrogens with zero attached hydrogens (tertiary/aromatic N) is 5. The Labute approximate surface area is 189 Å². The molecule has 7 nitrogen and oxygen atoms in total. The van der Waals surface area contributed by atoms with Gasteiger partial charge in [-0.2, -0.15) is 0 Å². The van der Waals surface area contributed by atoms with E-state index in [1.54, 1.807) is 14.2 Å². The van der Waals surface area contributed by atoms with Crippen LogP contribution in [0.4, 0.5) is 0 Å². The molecule has 3 aromatic rings. The minimum Gasteiger partial charge on any atom is -0.483 e. The van der Waals surface area contributed by atoms with Crippen LogP contribution in [-0.2, 0) is 15.9 Å². The number of fused-ring (bicyclic) bond motifs is 1. The molecule has 4 heterocycles. The molecule has 0 unspecified atom stereocenters. The van der Waals surface area contributed by atoms with Crippen molar-refractivity contribution in [2.45, 2.75) is 53.1 Å². The fourth-order valence-corrected chi connectivity index (χ4v) is 4.23. The molecule has 0 saturated heterocycles. The average molecular weight is 434 g/mol. The highest BCUT2D eigenvalue weighted by molar-refractivity contribution is 5.94. The lowest BCUT2D eigenvalue weighted by Crippen LogP contribution is -2.38. The first-order chi connectivity index (χ1) is 15.3. The van der Waals surface area contributed by atoms with E-state index in [0.717, 1.165) is 33.9 Å². The molecule has 0 fully saturated rings. The largest absolute Gasteiger partial charge is 0.483 e. The Balaban J connectivity index is 1.74. The van der Waals surface area contributed by atoms with E-state index < -0.39 is 0 Å². The van der Waals surface area contributed by atoms with Gasteiger partial charge in [0.25, 0.3) is 0 Å². The Hall–Kier alpha value is -3.22. The number of aliphatic imine (C=N–C) groups is 2. The molecule has 0 spiro atoms. The van der Waals surface area contributed by atoms with Crippen LogP contribution < -0.4 is 0 Å². The van der Waals surface area contributed by atoms with Crippen molar-refractivity contribution in [1.29, 1.82) is 0 Å². The van der Waals surface area contributed by atoms with Crippen LogP contribution in [0.15, 0.2) is 40.6 Å². The number of methoxy groups -OCH3 is 2. The fraction of sp³-hybridized carbons (Fsp3) is 0.440. The molecule has 0 amide bonds. The Morgan fingerprint density at radius 2 is 1.75 bits per heavy atom. The fourth-order valence-electron chi connectivity index (χ4n) is 4.23. The van der Waals surface area contributed by atoms with Gasteiger partial charge in [0.1, 0.15) is 17.7 Å². The molecular weight excluding hydrogens is 402 g/mol. The van der Waals surface area contributed by atoms with Gasteiger partial charge in [-0.1, -0.05) is 19.9 Å². The zero-order chi connectivity index (χ0) is 23.0. The van der Waals surface area contributed by atoms with Crippen LogP contribution in [0.1, 0.15) is 36.4 Å². The van der Waals surface area contributed by atoms with Crippen molar-refractivity contribution in [3.63, 3.8) is 0 Å². The molecule has 4 rings (SSSR count). The van der Waals surface area contributed by atoms with Crippen LogP contribution in [-0.4, -0.2) is 52.5 Å². The third-order valence-corrected chi connectivity index (χ3v) is 6.09. The first-order valence-corrected chi connectivity index (χ1v) is 11.0. The molecule has 0 saturated carbocycles. The molecular formula is C25H31N5O2. The summed E-state index contributed by atoms with van der Waals surface area (Å²) in [6, 6.07) is 6.03. The van der Waals surface area contributed by atoms with Crippen LogP contribution in [0.5, 0.6) is 0 Å². The zero-order valence-corrected chi connectivity index (χ0v) is 19.9. The van der Waals surface area contributed by atoms with Crippen molar-refractivity contribution < 1.29 is 9.47 Å². The molecule has 7 heteroatoms. The number of aryl methyl sites for hydroxylation is 3. The Morgan fingerprint density at radius 1 is 1.00 bits per heavy atom. The van der Waals surface area contributed by atoms with Gasteiger partial charge in [-0.05, 0) is 49.9 Å². The third-order valence-electron chi connectivity index (χ3n) is 6.09. The number of hydrogen-bond donors (Lipinski definition) is 0. The second kappa shape index (κ2) is 8.73. The van der Waals surface area contributed by atoms with E-state index in [-0.39, 0.29) is 18.0 Å². The van der Waals surface area contributed by atoms with Crippen LogP contribution in [0.2, 0.25) is 0 Å². The summed E-state index contributed by atoms with van der Waals surface area (Å²) in [5.41, 5.74) is 7.29. The van der Waals surface area contributed by atoms with E-state index >= 15 is 0 Å². The monoisotopic (exact) mass is 433 g/mol. The quantitative estimate of drug-likeness (QED) is 0.613. The summed E-state index contributed by atoms with van der Waals surface area (Å²) >= 11 is 0. The van der Waals surface area contributed by atoms with Crippen LogP contribution >= 0.6 is 0 Å². The van der Waals surface area contributed by atoms with E-state index in [1.807, 2.05) is 19.3 Å². The predicted octanol–water partition coefficient (Wildman–Crippen LogP) is 4.36. The molecule has 32 heavy (non-hydrogen) atoms. The Bertz CT molecular complexity index is 1210. The summed E-state index contributed by atoms with van der Waals surface area (Å²) in [5, 5.41) is 0. The van der Waals surface area contributed by atoms with Gasteiger partial charge < -0.3 is 13.9 Å². The lowest BCUT2D eigenvalue weighted by molar-refractivity contribution is 0.332. The van der Waals surface area contributed by atoms with Gasteiger partial charge in [0, 0.05) is 35.8 Å². The van der Waals surface area contributed by atoms with Gasteiger partial charge in [-0.25, -0.2) is 15.0 Å². The third kappa shape index (κ3) is 3.87. The maximum absolute atomic E-state index is 5.63. The summed E-state index contributed by atoms with van der Waals surface area (Å²) in [7, 11) is 3.31. The van der Waals surface area contributed by atoms with Crippen molar-refractivity contribution in [3.05, 3.63) is 53.1 Å². The number of ether oxygens (including phenoxy) is 2. The minimum absolute atomic E-state index is 0.124. The molecule has 3 aromatic heterocycles. The van der Waals surface area contributed by atoms with Gasteiger partial charge in [-0.15, -0.1) is 0 Å². The van der Waals surface area contributed by atoms with Crippen molar-refractivity contribution in [1.82, 2.24) is 14.4 Å². The summed E-state index contributed by atoms with van der Waals surface area (Å²) in [5.74, 6) is 1.56. The van der Waals surface area contributed by atoms with Gasteiger partial charge in [0.15, 0.2) is 0 Å². The number of aromatic nitrogens is 3. The topological polar surface area (TPSA) is 73.4 Å². The molecule has 0 N–H and O–H groups in total. The average Bonchev–Trinajstić information content (AvgIpc) is 3.26. The first kappa shape index (κ1) is 22.0. The predicted molar refractivity (Wildman–Crippen MR) is 128 cm³/mol. The van der Waals surface area contributed by atoms with Crippen LogP contribution in [0.25, 0.3) is 16.9 Å². The molecule has 0 aromatic carbocycles. The van der Waals surface area contributed by atoms with E-state index in [2.05, 4.69) is 55.3 Å². The Morgan fingerprint density at radius 3 is 2.44 bits per heavy atom. The highest BCUT2D eigenvalue weighted by atomic mass is 16.5. The molecule has 1 aliphatic rings. The lowest BCUT2D eigenvalue weighted by Gasteiger charge is -2.27. The normalized spacial score (nSPS) is 18.6. The van der Waals surface area contributed by atoms with Gasteiger partial charge >= 0.3 is 0 Å². The maximum Gasteiger partial charge on any atom is 0.209 e. The SMILES string of the molecule is COC1=N[C@H](C(C)C)C(OC)=N[C@H]1Cc1ccc(-c2nc(C)c(C)cc2C)c2nccn12.